The smallest absolute Gasteiger partial charge is 0.142 e. The number of ether oxygens (including phenoxy) is 4. The van der Waals surface area contributed by atoms with Gasteiger partial charge in [0.15, 0.2) is 0 Å². The molecule has 1 aromatic rings. The molecule has 1 aromatic carbocycles. The summed E-state index contributed by atoms with van der Waals surface area (Å²) in [5, 5.41) is 0. The van der Waals surface area contributed by atoms with Crippen LogP contribution in [0.1, 0.15) is 13.8 Å². The molecular weight excluding hydrogens is 258 g/mol. The van der Waals surface area contributed by atoms with Crippen LogP contribution in [0.15, 0.2) is 24.3 Å². The Bertz CT molecular complexity index is 357. The van der Waals surface area contributed by atoms with Gasteiger partial charge in [0.2, 0.25) is 0 Å². The molecule has 0 spiro atoms. The Balaban J connectivity index is 1.89. The summed E-state index contributed by atoms with van der Waals surface area (Å²) < 4.78 is 21.6. The maximum absolute atomic E-state index is 5.75. The molecule has 5 nitrogen and oxygen atoms in total. The molecule has 0 fully saturated rings. The Morgan fingerprint density at radius 3 is 2.15 bits per heavy atom. The highest BCUT2D eigenvalue weighted by Crippen LogP contribution is 2.19. The van der Waals surface area contributed by atoms with E-state index in [1.54, 1.807) is 0 Å². The third-order valence-electron chi connectivity index (χ3n) is 2.46. The van der Waals surface area contributed by atoms with Crippen molar-refractivity contribution in [1.29, 1.82) is 0 Å². The van der Waals surface area contributed by atoms with E-state index in [-0.39, 0.29) is 6.10 Å². The van der Waals surface area contributed by atoms with Crippen LogP contribution >= 0.6 is 0 Å². The molecule has 0 heterocycles. The van der Waals surface area contributed by atoms with Crippen molar-refractivity contribution in [1.82, 2.24) is 0 Å². The van der Waals surface area contributed by atoms with E-state index in [0.717, 1.165) is 0 Å². The van der Waals surface area contributed by atoms with Crippen LogP contribution in [0.5, 0.6) is 5.75 Å². The average molecular weight is 283 g/mol. The number of nitrogen functional groups attached to an aromatic ring is 1. The quantitative estimate of drug-likeness (QED) is 0.498. The molecule has 0 bridgehead atoms. The molecule has 0 saturated carbocycles. The topological polar surface area (TPSA) is 62.9 Å². The van der Waals surface area contributed by atoms with Crippen molar-refractivity contribution in [2.75, 3.05) is 45.4 Å². The normalized spacial score (nSPS) is 10.9. The van der Waals surface area contributed by atoms with Crippen molar-refractivity contribution in [2.45, 2.75) is 20.0 Å². The van der Waals surface area contributed by atoms with Gasteiger partial charge in [-0.1, -0.05) is 12.1 Å². The number of rotatable bonds is 11. The summed E-state index contributed by atoms with van der Waals surface area (Å²) in [4.78, 5) is 0. The lowest BCUT2D eigenvalue weighted by atomic mass is 10.3. The summed E-state index contributed by atoms with van der Waals surface area (Å²) in [7, 11) is 0. The van der Waals surface area contributed by atoms with Crippen molar-refractivity contribution in [3.8, 4) is 5.75 Å². The second-order valence-corrected chi connectivity index (χ2v) is 4.53. The Morgan fingerprint density at radius 2 is 1.50 bits per heavy atom. The standard InChI is InChI=1S/C15H25NO4/c1-13(2)19-11-9-17-7-8-18-10-12-20-15-6-4-3-5-14(15)16/h3-6,13H,7-12,16H2,1-2H3. The fraction of sp³-hybridized carbons (Fsp3) is 0.600. The van der Waals surface area contributed by atoms with Crippen LogP contribution in [0.2, 0.25) is 0 Å². The van der Waals surface area contributed by atoms with Gasteiger partial charge in [-0.3, -0.25) is 0 Å². The number of para-hydroxylation sites is 2. The van der Waals surface area contributed by atoms with Crippen molar-refractivity contribution < 1.29 is 18.9 Å². The van der Waals surface area contributed by atoms with Crippen LogP contribution < -0.4 is 10.5 Å². The monoisotopic (exact) mass is 283 g/mol. The molecule has 114 valence electrons. The highest BCUT2D eigenvalue weighted by molar-refractivity contribution is 5.51. The molecule has 0 aliphatic rings. The van der Waals surface area contributed by atoms with Crippen molar-refractivity contribution in [3.05, 3.63) is 24.3 Å². The van der Waals surface area contributed by atoms with Gasteiger partial charge in [-0.05, 0) is 26.0 Å². The van der Waals surface area contributed by atoms with E-state index in [1.165, 1.54) is 0 Å². The summed E-state index contributed by atoms with van der Waals surface area (Å²) in [6.07, 6.45) is 0.248. The van der Waals surface area contributed by atoms with Crippen LogP contribution in [0.3, 0.4) is 0 Å². The maximum atomic E-state index is 5.75. The first-order valence-corrected chi connectivity index (χ1v) is 6.94. The van der Waals surface area contributed by atoms with E-state index in [1.807, 2.05) is 38.1 Å². The second-order valence-electron chi connectivity index (χ2n) is 4.53. The molecule has 0 saturated heterocycles. The molecule has 20 heavy (non-hydrogen) atoms. The van der Waals surface area contributed by atoms with Crippen LogP contribution in [-0.2, 0) is 14.2 Å². The Morgan fingerprint density at radius 1 is 0.900 bits per heavy atom. The van der Waals surface area contributed by atoms with Crippen molar-refractivity contribution >= 4 is 5.69 Å². The van der Waals surface area contributed by atoms with Crippen LogP contribution in [-0.4, -0.2) is 45.7 Å². The van der Waals surface area contributed by atoms with Gasteiger partial charge in [0.05, 0.1) is 44.8 Å². The SMILES string of the molecule is CC(C)OCCOCCOCCOc1ccccc1N. The van der Waals surface area contributed by atoms with E-state index >= 15 is 0 Å². The van der Waals surface area contributed by atoms with Crippen molar-refractivity contribution in [2.24, 2.45) is 0 Å². The van der Waals surface area contributed by atoms with E-state index in [2.05, 4.69) is 0 Å². The predicted octanol–water partition coefficient (Wildman–Crippen LogP) is 2.11. The Kier molecular flexibility index (Phi) is 8.78. The van der Waals surface area contributed by atoms with Gasteiger partial charge >= 0.3 is 0 Å². The Labute approximate surface area is 121 Å². The van der Waals surface area contributed by atoms with Gasteiger partial charge in [0.1, 0.15) is 12.4 Å². The summed E-state index contributed by atoms with van der Waals surface area (Å²) in [5.41, 5.74) is 6.39. The van der Waals surface area contributed by atoms with Crippen LogP contribution in [0.25, 0.3) is 0 Å². The Hall–Kier alpha value is -1.30. The zero-order chi connectivity index (χ0) is 14.6. The zero-order valence-corrected chi connectivity index (χ0v) is 12.3. The number of benzene rings is 1. The van der Waals surface area contributed by atoms with E-state index in [9.17, 15) is 0 Å². The van der Waals surface area contributed by atoms with Gasteiger partial charge in [0.25, 0.3) is 0 Å². The first kappa shape index (κ1) is 16.8. The molecule has 0 aromatic heterocycles. The molecule has 5 heteroatoms. The number of anilines is 1. The molecular formula is C15H25NO4. The third kappa shape index (κ3) is 7.99. The first-order valence-electron chi connectivity index (χ1n) is 6.94. The summed E-state index contributed by atoms with van der Waals surface area (Å²) in [6, 6.07) is 7.41. The van der Waals surface area contributed by atoms with E-state index in [4.69, 9.17) is 24.7 Å². The van der Waals surface area contributed by atoms with Gasteiger partial charge in [-0.25, -0.2) is 0 Å². The lowest BCUT2D eigenvalue weighted by molar-refractivity contribution is -0.00464. The summed E-state index contributed by atoms with van der Waals surface area (Å²) in [6.45, 7) is 7.33. The maximum Gasteiger partial charge on any atom is 0.142 e. The minimum Gasteiger partial charge on any atom is -0.489 e. The van der Waals surface area contributed by atoms with Crippen LogP contribution in [0, 0.1) is 0 Å². The van der Waals surface area contributed by atoms with Gasteiger partial charge in [0, 0.05) is 0 Å². The van der Waals surface area contributed by atoms with Crippen LogP contribution in [0.4, 0.5) is 5.69 Å². The van der Waals surface area contributed by atoms with Gasteiger partial charge in [-0.2, -0.15) is 0 Å². The lowest BCUT2D eigenvalue weighted by Gasteiger charge is -2.10. The number of hydrogen-bond acceptors (Lipinski definition) is 5. The third-order valence-corrected chi connectivity index (χ3v) is 2.46. The molecule has 2 N–H and O–H groups in total. The summed E-state index contributed by atoms with van der Waals surface area (Å²) in [5.74, 6) is 0.693. The number of nitrogens with two attached hydrogens (primary N) is 1. The first-order chi connectivity index (χ1) is 9.70. The molecule has 0 amide bonds. The summed E-state index contributed by atoms with van der Waals surface area (Å²) >= 11 is 0. The highest BCUT2D eigenvalue weighted by Gasteiger charge is 1.98. The fourth-order valence-electron chi connectivity index (χ4n) is 1.49. The molecule has 0 radical (unpaired) electrons. The minimum atomic E-state index is 0.248. The zero-order valence-electron chi connectivity index (χ0n) is 12.3. The molecule has 0 atom stereocenters. The van der Waals surface area contributed by atoms with Crippen molar-refractivity contribution in [3.63, 3.8) is 0 Å². The van der Waals surface area contributed by atoms with E-state index < -0.39 is 0 Å². The lowest BCUT2D eigenvalue weighted by Crippen LogP contribution is -2.14. The predicted molar refractivity (Wildman–Crippen MR) is 79.1 cm³/mol. The second kappa shape index (κ2) is 10.5. The van der Waals surface area contributed by atoms with E-state index in [0.29, 0.717) is 51.1 Å². The van der Waals surface area contributed by atoms with Gasteiger partial charge in [-0.15, -0.1) is 0 Å². The minimum absolute atomic E-state index is 0.248. The molecule has 0 aliphatic heterocycles. The number of hydrogen-bond donors (Lipinski definition) is 1. The highest BCUT2D eigenvalue weighted by atomic mass is 16.6. The molecule has 1 rings (SSSR count). The molecule has 0 unspecified atom stereocenters. The molecule has 0 aliphatic carbocycles. The largest absolute Gasteiger partial charge is 0.489 e. The fourth-order valence-corrected chi connectivity index (χ4v) is 1.49. The average Bonchev–Trinajstić information content (AvgIpc) is 2.42. The van der Waals surface area contributed by atoms with Gasteiger partial charge < -0.3 is 24.7 Å².